The van der Waals surface area contributed by atoms with Crippen LogP contribution in [0.1, 0.15) is 18.1 Å². The molecule has 0 bridgehead atoms. The van der Waals surface area contributed by atoms with Gasteiger partial charge in [-0.3, -0.25) is 0 Å². The van der Waals surface area contributed by atoms with Crippen molar-refractivity contribution in [1.82, 2.24) is 5.16 Å². The largest absolute Gasteiger partial charge is 0.494 e. The zero-order valence-electron chi connectivity index (χ0n) is 9.14. The van der Waals surface area contributed by atoms with Crippen molar-refractivity contribution in [2.75, 3.05) is 12.3 Å². The van der Waals surface area contributed by atoms with Crippen LogP contribution in [0.15, 0.2) is 35.1 Å². The first-order valence-electron chi connectivity index (χ1n) is 5.20. The quantitative estimate of drug-likeness (QED) is 0.854. The molecular formula is C12H14N2O2. The van der Waals surface area contributed by atoms with Gasteiger partial charge in [0.2, 0.25) is 0 Å². The Balaban J connectivity index is 2.08. The summed E-state index contributed by atoms with van der Waals surface area (Å²) in [6.07, 6.45) is 2.30. The van der Waals surface area contributed by atoms with Gasteiger partial charge in [0.25, 0.3) is 0 Å². The van der Waals surface area contributed by atoms with Gasteiger partial charge in [-0.05, 0) is 24.6 Å². The van der Waals surface area contributed by atoms with Gasteiger partial charge < -0.3 is 15.0 Å². The Kier molecular flexibility index (Phi) is 3.10. The molecule has 0 spiro atoms. The van der Waals surface area contributed by atoms with Gasteiger partial charge >= 0.3 is 0 Å². The first-order chi connectivity index (χ1) is 7.79. The van der Waals surface area contributed by atoms with Crippen LogP contribution in [0.2, 0.25) is 0 Å². The van der Waals surface area contributed by atoms with Crippen LogP contribution >= 0.6 is 0 Å². The zero-order valence-corrected chi connectivity index (χ0v) is 9.14. The Bertz CT molecular complexity index is 448. The lowest BCUT2D eigenvalue weighted by Crippen LogP contribution is -1.94. The van der Waals surface area contributed by atoms with Crippen molar-refractivity contribution in [3.05, 3.63) is 41.7 Å². The van der Waals surface area contributed by atoms with Gasteiger partial charge in [-0.2, -0.15) is 0 Å². The minimum atomic E-state index is 0.453. The predicted octanol–water partition coefficient (Wildman–Crippen LogP) is 2.25. The number of hydrogen-bond donors (Lipinski definition) is 1. The van der Waals surface area contributed by atoms with Crippen LogP contribution in [0.25, 0.3) is 0 Å². The Morgan fingerprint density at radius 2 is 2.06 bits per heavy atom. The van der Waals surface area contributed by atoms with Crippen molar-refractivity contribution in [3.63, 3.8) is 0 Å². The van der Waals surface area contributed by atoms with Gasteiger partial charge in [0.1, 0.15) is 12.0 Å². The van der Waals surface area contributed by atoms with Gasteiger partial charge in [0.05, 0.1) is 6.61 Å². The Morgan fingerprint density at radius 3 is 2.62 bits per heavy atom. The second-order valence-corrected chi connectivity index (χ2v) is 3.48. The molecule has 1 heterocycles. The molecule has 2 aromatic rings. The van der Waals surface area contributed by atoms with Crippen molar-refractivity contribution in [2.24, 2.45) is 0 Å². The molecule has 4 heteroatoms. The second kappa shape index (κ2) is 4.70. The summed E-state index contributed by atoms with van der Waals surface area (Å²) in [5, 5.41) is 3.64. The molecule has 0 saturated heterocycles. The molecule has 1 aromatic heterocycles. The maximum Gasteiger partial charge on any atom is 0.170 e. The van der Waals surface area contributed by atoms with E-state index in [4.69, 9.17) is 15.0 Å². The Labute approximate surface area is 94.0 Å². The molecule has 0 amide bonds. The molecule has 0 saturated carbocycles. The third-order valence-corrected chi connectivity index (χ3v) is 2.30. The number of hydrogen-bond acceptors (Lipinski definition) is 4. The van der Waals surface area contributed by atoms with Gasteiger partial charge in [0, 0.05) is 12.0 Å². The molecule has 2 N–H and O–H groups in total. The van der Waals surface area contributed by atoms with Crippen LogP contribution in [0.5, 0.6) is 5.75 Å². The van der Waals surface area contributed by atoms with E-state index in [9.17, 15) is 0 Å². The van der Waals surface area contributed by atoms with Crippen molar-refractivity contribution in [1.29, 1.82) is 0 Å². The Hall–Kier alpha value is -1.97. The smallest absolute Gasteiger partial charge is 0.170 e. The summed E-state index contributed by atoms with van der Waals surface area (Å²) in [7, 11) is 0. The maximum absolute atomic E-state index is 5.64. The molecule has 1 aromatic carbocycles. The lowest BCUT2D eigenvalue weighted by molar-refractivity contribution is 0.340. The molecule has 84 valence electrons. The third kappa shape index (κ3) is 2.34. The van der Waals surface area contributed by atoms with E-state index >= 15 is 0 Å². The molecule has 0 radical (unpaired) electrons. The molecule has 0 aliphatic carbocycles. The molecule has 0 unspecified atom stereocenters. The SMILES string of the molecule is CCOc1ccc(Cc2conc2N)cc1. The fourth-order valence-corrected chi connectivity index (χ4v) is 1.49. The summed E-state index contributed by atoms with van der Waals surface area (Å²) in [6, 6.07) is 7.92. The van der Waals surface area contributed by atoms with E-state index in [2.05, 4.69) is 5.16 Å². The number of ether oxygens (including phenoxy) is 1. The highest BCUT2D eigenvalue weighted by Crippen LogP contribution is 2.17. The van der Waals surface area contributed by atoms with Crippen molar-refractivity contribution >= 4 is 5.82 Å². The second-order valence-electron chi connectivity index (χ2n) is 3.48. The van der Waals surface area contributed by atoms with E-state index in [0.29, 0.717) is 12.4 Å². The van der Waals surface area contributed by atoms with Gasteiger partial charge in [-0.15, -0.1) is 0 Å². The van der Waals surface area contributed by atoms with Gasteiger partial charge in [0.15, 0.2) is 5.82 Å². The average molecular weight is 218 g/mol. The highest BCUT2D eigenvalue weighted by atomic mass is 16.5. The molecule has 0 atom stereocenters. The first kappa shape index (κ1) is 10.5. The fourth-order valence-electron chi connectivity index (χ4n) is 1.49. The lowest BCUT2D eigenvalue weighted by Gasteiger charge is -2.04. The van der Waals surface area contributed by atoms with E-state index in [1.54, 1.807) is 6.26 Å². The van der Waals surface area contributed by atoms with E-state index in [1.807, 2.05) is 31.2 Å². The van der Waals surface area contributed by atoms with Crippen molar-refractivity contribution in [3.8, 4) is 5.75 Å². The number of rotatable bonds is 4. The minimum absolute atomic E-state index is 0.453. The molecule has 4 nitrogen and oxygen atoms in total. The summed E-state index contributed by atoms with van der Waals surface area (Å²) >= 11 is 0. The number of anilines is 1. The number of nitrogens with zero attached hydrogens (tertiary/aromatic N) is 1. The van der Waals surface area contributed by atoms with Crippen LogP contribution in [0.3, 0.4) is 0 Å². The van der Waals surface area contributed by atoms with Crippen molar-refractivity contribution < 1.29 is 9.26 Å². The van der Waals surface area contributed by atoms with E-state index in [-0.39, 0.29) is 0 Å². The maximum atomic E-state index is 5.64. The van der Waals surface area contributed by atoms with E-state index in [1.165, 1.54) is 0 Å². The first-order valence-corrected chi connectivity index (χ1v) is 5.20. The lowest BCUT2D eigenvalue weighted by atomic mass is 10.1. The van der Waals surface area contributed by atoms with Crippen LogP contribution in [-0.4, -0.2) is 11.8 Å². The summed E-state index contributed by atoms with van der Waals surface area (Å²) < 4.78 is 10.1. The van der Waals surface area contributed by atoms with Gasteiger partial charge in [-0.1, -0.05) is 17.3 Å². The van der Waals surface area contributed by atoms with E-state index < -0.39 is 0 Å². The van der Waals surface area contributed by atoms with E-state index in [0.717, 1.165) is 23.3 Å². The van der Waals surface area contributed by atoms with Crippen LogP contribution in [0.4, 0.5) is 5.82 Å². The molecule has 0 fully saturated rings. The molecular weight excluding hydrogens is 204 g/mol. The number of nitrogen functional groups attached to an aromatic ring is 1. The normalized spacial score (nSPS) is 10.3. The number of aromatic nitrogens is 1. The summed E-state index contributed by atoms with van der Waals surface area (Å²) in [6.45, 7) is 2.64. The zero-order chi connectivity index (χ0) is 11.4. The molecule has 0 aliphatic heterocycles. The molecule has 0 aliphatic rings. The molecule has 16 heavy (non-hydrogen) atoms. The van der Waals surface area contributed by atoms with Crippen LogP contribution in [0, 0.1) is 0 Å². The third-order valence-electron chi connectivity index (χ3n) is 2.30. The predicted molar refractivity (Wildman–Crippen MR) is 61.3 cm³/mol. The number of nitrogens with two attached hydrogens (primary N) is 1. The topological polar surface area (TPSA) is 61.3 Å². The monoisotopic (exact) mass is 218 g/mol. The average Bonchev–Trinajstić information content (AvgIpc) is 2.68. The highest BCUT2D eigenvalue weighted by Gasteiger charge is 2.04. The fraction of sp³-hybridized carbons (Fsp3) is 0.250. The minimum Gasteiger partial charge on any atom is -0.494 e. The molecule has 2 rings (SSSR count). The summed E-state index contributed by atoms with van der Waals surface area (Å²) in [4.78, 5) is 0. The summed E-state index contributed by atoms with van der Waals surface area (Å²) in [5.41, 5.74) is 7.69. The van der Waals surface area contributed by atoms with Crippen molar-refractivity contribution in [2.45, 2.75) is 13.3 Å². The van der Waals surface area contributed by atoms with Crippen LogP contribution < -0.4 is 10.5 Å². The van der Waals surface area contributed by atoms with Crippen LogP contribution in [-0.2, 0) is 6.42 Å². The Morgan fingerprint density at radius 1 is 1.31 bits per heavy atom. The standard InChI is InChI=1S/C12H14N2O2/c1-2-15-11-5-3-9(4-6-11)7-10-8-16-14-12(10)13/h3-6,8H,2,7H2,1H3,(H2,13,14). The summed E-state index contributed by atoms with van der Waals surface area (Å²) in [5.74, 6) is 1.33. The highest BCUT2D eigenvalue weighted by molar-refractivity contribution is 5.40. The number of benzene rings is 1. The van der Waals surface area contributed by atoms with Gasteiger partial charge in [-0.25, -0.2) is 0 Å².